The predicted molar refractivity (Wildman–Crippen MR) is 53.7 cm³/mol. The first-order valence-electron chi connectivity index (χ1n) is 4.82. The van der Waals surface area contributed by atoms with Crippen LogP contribution < -0.4 is 5.56 Å². The zero-order valence-corrected chi connectivity index (χ0v) is 7.92. The molecule has 5 nitrogen and oxygen atoms in total. The molecule has 1 fully saturated rings. The van der Waals surface area contributed by atoms with Crippen molar-refractivity contribution in [1.82, 2.24) is 14.5 Å². The highest BCUT2D eigenvalue weighted by molar-refractivity contribution is 5.78. The highest BCUT2D eigenvalue weighted by Crippen LogP contribution is 2.34. The monoisotopic (exact) mass is 203 g/mol. The Hall–Kier alpha value is -1.91. The number of hydrogen-bond donors (Lipinski definition) is 1. The molecule has 0 unspecified atom stereocenters. The fourth-order valence-electron chi connectivity index (χ4n) is 1.68. The van der Waals surface area contributed by atoms with Crippen LogP contribution >= 0.6 is 0 Å². The van der Waals surface area contributed by atoms with Crippen molar-refractivity contribution in [1.29, 1.82) is 0 Å². The summed E-state index contributed by atoms with van der Waals surface area (Å²) in [6.45, 7) is 0. The lowest BCUT2D eigenvalue weighted by Crippen LogP contribution is -2.19. The first-order chi connectivity index (χ1) is 7.27. The van der Waals surface area contributed by atoms with Crippen molar-refractivity contribution in [2.45, 2.75) is 18.9 Å². The van der Waals surface area contributed by atoms with Gasteiger partial charge in [0.05, 0.1) is 6.20 Å². The van der Waals surface area contributed by atoms with Gasteiger partial charge in [0, 0.05) is 18.4 Å². The fraction of sp³-hybridized carbons (Fsp3) is 0.300. The molecule has 0 atom stereocenters. The van der Waals surface area contributed by atoms with Crippen LogP contribution in [0, 0.1) is 0 Å². The maximum atomic E-state index is 11.9. The van der Waals surface area contributed by atoms with E-state index in [1.54, 1.807) is 4.57 Å². The Bertz CT molecular complexity index is 587. The van der Waals surface area contributed by atoms with Crippen LogP contribution in [0.5, 0.6) is 5.75 Å². The lowest BCUT2D eigenvalue weighted by molar-refractivity contribution is 0.470. The van der Waals surface area contributed by atoms with Crippen LogP contribution in [0.4, 0.5) is 0 Å². The summed E-state index contributed by atoms with van der Waals surface area (Å²) in [5.74, 6) is 0.0181. The molecular weight excluding hydrogens is 194 g/mol. The van der Waals surface area contributed by atoms with Crippen LogP contribution in [0.15, 0.2) is 23.4 Å². The van der Waals surface area contributed by atoms with E-state index in [9.17, 15) is 9.90 Å². The van der Waals surface area contributed by atoms with Crippen LogP contribution in [0.25, 0.3) is 11.0 Å². The maximum absolute atomic E-state index is 11.9. The van der Waals surface area contributed by atoms with Gasteiger partial charge in [-0.3, -0.25) is 4.79 Å². The van der Waals surface area contributed by atoms with Gasteiger partial charge in [0.25, 0.3) is 5.56 Å². The zero-order valence-electron chi connectivity index (χ0n) is 7.92. The minimum Gasteiger partial charge on any atom is -0.504 e. The lowest BCUT2D eigenvalue weighted by Gasteiger charge is -2.05. The first kappa shape index (κ1) is 8.40. The number of fused-ring (bicyclic) bond motifs is 1. The van der Waals surface area contributed by atoms with Crippen molar-refractivity contribution in [2.24, 2.45) is 0 Å². The van der Waals surface area contributed by atoms with Crippen molar-refractivity contribution >= 4 is 11.0 Å². The van der Waals surface area contributed by atoms with Gasteiger partial charge in [-0.25, -0.2) is 9.97 Å². The van der Waals surface area contributed by atoms with E-state index in [0.29, 0.717) is 0 Å². The summed E-state index contributed by atoms with van der Waals surface area (Å²) in [4.78, 5) is 19.8. The Morgan fingerprint density at radius 2 is 1.93 bits per heavy atom. The van der Waals surface area contributed by atoms with Crippen LogP contribution in [0.1, 0.15) is 18.9 Å². The van der Waals surface area contributed by atoms with Crippen LogP contribution in [-0.4, -0.2) is 19.6 Å². The molecule has 2 aromatic heterocycles. The number of aromatic hydroxyl groups is 1. The van der Waals surface area contributed by atoms with Crippen molar-refractivity contribution in [3.8, 4) is 5.75 Å². The van der Waals surface area contributed by atoms with Crippen molar-refractivity contribution in [3.05, 3.63) is 28.9 Å². The smallest absolute Gasteiger partial charge is 0.279 e. The maximum Gasteiger partial charge on any atom is 0.279 e. The summed E-state index contributed by atoms with van der Waals surface area (Å²) in [5.41, 5.74) is 0.349. The lowest BCUT2D eigenvalue weighted by atomic mass is 10.3. The topological polar surface area (TPSA) is 68.0 Å². The van der Waals surface area contributed by atoms with Crippen molar-refractivity contribution < 1.29 is 5.11 Å². The standard InChI is InChI=1S/C10H9N3O2/c14-7-5-13(6-1-2-6)10(15)9-8(7)11-3-4-12-9/h3-6,14H,1-2H2. The van der Waals surface area contributed by atoms with Gasteiger partial charge < -0.3 is 9.67 Å². The van der Waals surface area contributed by atoms with Crippen molar-refractivity contribution in [2.75, 3.05) is 0 Å². The second-order valence-electron chi connectivity index (χ2n) is 3.71. The van der Waals surface area contributed by atoms with Gasteiger partial charge in [0.15, 0.2) is 11.3 Å². The second-order valence-corrected chi connectivity index (χ2v) is 3.71. The molecule has 0 radical (unpaired) electrons. The number of hydrogen-bond acceptors (Lipinski definition) is 4. The number of pyridine rings is 1. The van der Waals surface area contributed by atoms with Gasteiger partial charge in [0.1, 0.15) is 5.52 Å². The third kappa shape index (κ3) is 1.20. The largest absolute Gasteiger partial charge is 0.504 e. The molecule has 0 aliphatic heterocycles. The van der Waals surface area contributed by atoms with Gasteiger partial charge in [0.2, 0.25) is 0 Å². The predicted octanol–water partition coefficient (Wildman–Crippen LogP) is 0.832. The Balaban J connectivity index is 2.41. The summed E-state index contributed by atoms with van der Waals surface area (Å²) in [7, 11) is 0. The van der Waals surface area contributed by atoms with Crippen LogP contribution in [-0.2, 0) is 0 Å². The Morgan fingerprint density at radius 1 is 1.27 bits per heavy atom. The zero-order chi connectivity index (χ0) is 10.4. The van der Waals surface area contributed by atoms with E-state index in [0.717, 1.165) is 12.8 Å². The molecule has 76 valence electrons. The molecule has 1 aliphatic carbocycles. The molecule has 0 amide bonds. The summed E-state index contributed by atoms with van der Waals surface area (Å²) < 4.78 is 1.55. The third-order valence-corrected chi connectivity index (χ3v) is 2.58. The van der Waals surface area contributed by atoms with Gasteiger partial charge in [-0.05, 0) is 12.8 Å². The Morgan fingerprint density at radius 3 is 2.60 bits per heavy atom. The molecule has 1 N–H and O–H groups in total. The Kier molecular flexibility index (Phi) is 1.56. The van der Waals surface area contributed by atoms with Gasteiger partial charge in [-0.1, -0.05) is 0 Å². The van der Waals surface area contributed by atoms with E-state index < -0.39 is 0 Å². The molecule has 3 rings (SSSR count). The third-order valence-electron chi connectivity index (χ3n) is 2.58. The molecule has 0 bridgehead atoms. The molecule has 15 heavy (non-hydrogen) atoms. The van der Waals surface area contributed by atoms with E-state index in [2.05, 4.69) is 9.97 Å². The van der Waals surface area contributed by atoms with Gasteiger partial charge in [-0.15, -0.1) is 0 Å². The summed E-state index contributed by atoms with van der Waals surface area (Å²) in [6, 6.07) is 0.231. The summed E-state index contributed by atoms with van der Waals surface area (Å²) in [6.07, 6.45) is 6.36. The van der Waals surface area contributed by atoms with Crippen LogP contribution in [0.2, 0.25) is 0 Å². The minimum atomic E-state index is -0.168. The molecular formula is C10H9N3O2. The molecule has 0 aromatic carbocycles. The normalized spacial score (nSPS) is 15.7. The van der Waals surface area contributed by atoms with E-state index in [1.807, 2.05) is 0 Å². The van der Waals surface area contributed by atoms with Crippen LogP contribution in [0.3, 0.4) is 0 Å². The number of aromatic nitrogens is 3. The highest BCUT2D eigenvalue weighted by atomic mass is 16.3. The molecule has 1 saturated carbocycles. The molecule has 0 spiro atoms. The number of nitrogens with zero attached hydrogens (tertiary/aromatic N) is 3. The fourth-order valence-corrected chi connectivity index (χ4v) is 1.68. The second kappa shape index (κ2) is 2.79. The first-order valence-corrected chi connectivity index (χ1v) is 4.82. The quantitative estimate of drug-likeness (QED) is 0.745. The molecule has 1 aliphatic rings. The summed E-state index contributed by atoms with van der Waals surface area (Å²) >= 11 is 0. The average Bonchev–Trinajstić information content (AvgIpc) is 3.07. The molecule has 2 heterocycles. The van der Waals surface area contributed by atoms with E-state index in [4.69, 9.17) is 0 Å². The number of rotatable bonds is 1. The SMILES string of the molecule is O=c1c2nccnc2c(O)cn1C1CC1. The Labute approximate surface area is 85.0 Å². The van der Waals surface area contributed by atoms with E-state index >= 15 is 0 Å². The van der Waals surface area contributed by atoms with E-state index in [-0.39, 0.29) is 28.4 Å². The minimum absolute atomic E-state index is 0.0181. The molecule has 0 saturated heterocycles. The molecule has 5 heteroatoms. The average molecular weight is 203 g/mol. The molecule has 2 aromatic rings. The van der Waals surface area contributed by atoms with Gasteiger partial charge >= 0.3 is 0 Å². The van der Waals surface area contributed by atoms with Crippen molar-refractivity contribution in [3.63, 3.8) is 0 Å². The van der Waals surface area contributed by atoms with E-state index in [1.165, 1.54) is 18.6 Å². The summed E-state index contributed by atoms with van der Waals surface area (Å²) in [5, 5.41) is 9.69. The highest BCUT2D eigenvalue weighted by Gasteiger charge is 2.26. The van der Waals surface area contributed by atoms with Gasteiger partial charge in [-0.2, -0.15) is 0 Å².